The van der Waals surface area contributed by atoms with Gasteiger partial charge in [-0.2, -0.15) is 8.78 Å². The third kappa shape index (κ3) is 3.60. The van der Waals surface area contributed by atoms with Crippen molar-refractivity contribution in [2.75, 3.05) is 18.9 Å². The van der Waals surface area contributed by atoms with Crippen LogP contribution in [0, 0.1) is 5.92 Å². The number of alkyl halides is 2. The van der Waals surface area contributed by atoms with Gasteiger partial charge in [-0.25, -0.2) is 0 Å². The van der Waals surface area contributed by atoms with Gasteiger partial charge in [0.25, 0.3) is 0 Å². The Balaban J connectivity index is 2.09. The lowest BCUT2D eigenvalue weighted by atomic mass is 9.89. The van der Waals surface area contributed by atoms with Crippen molar-refractivity contribution in [3.63, 3.8) is 0 Å². The number of rotatable bonds is 4. The van der Waals surface area contributed by atoms with Gasteiger partial charge in [0.15, 0.2) is 0 Å². The molecule has 3 atom stereocenters. The van der Waals surface area contributed by atoms with Gasteiger partial charge >= 0.3 is 6.61 Å². The van der Waals surface area contributed by atoms with Crippen LogP contribution in [-0.4, -0.2) is 37.2 Å². The second-order valence-corrected chi connectivity index (χ2v) is 5.63. The second kappa shape index (κ2) is 6.39. The summed E-state index contributed by atoms with van der Waals surface area (Å²) in [5, 5.41) is 3.37. The SMILES string of the molecule is CC1CN(C)C(C)CC1Nc1ccccc1OC(F)F. The van der Waals surface area contributed by atoms with Crippen LogP contribution in [0.2, 0.25) is 0 Å². The molecule has 2 rings (SSSR count). The monoisotopic (exact) mass is 284 g/mol. The van der Waals surface area contributed by atoms with Crippen molar-refractivity contribution in [3.8, 4) is 5.75 Å². The third-order valence-corrected chi connectivity index (χ3v) is 4.05. The van der Waals surface area contributed by atoms with E-state index in [1.165, 1.54) is 0 Å². The predicted octanol–water partition coefficient (Wildman–Crippen LogP) is 3.43. The Labute approximate surface area is 118 Å². The number of hydrogen-bond donors (Lipinski definition) is 1. The molecule has 3 nitrogen and oxygen atoms in total. The van der Waals surface area contributed by atoms with Gasteiger partial charge in [0.1, 0.15) is 5.75 Å². The molecule has 20 heavy (non-hydrogen) atoms. The first-order valence-electron chi connectivity index (χ1n) is 6.98. The first-order chi connectivity index (χ1) is 9.47. The fraction of sp³-hybridized carbons (Fsp3) is 0.600. The van der Waals surface area contributed by atoms with Crippen molar-refractivity contribution < 1.29 is 13.5 Å². The zero-order valence-corrected chi connectivity index (χ0v) is 12.1. The van der Waals surface area contributed by atoms with E-state index in [1.807, 2.05) is 6.07 Å². The summed E-state index contributed by atoms with van der Waals surface area (Å²) in [5.74, 6) is 0.664. The number of nitrogens with one attached hydrogen (secondary N) is 1. The molecule has 1 N–H and O–H groups in total. The van der Waals surface area contributed by atoms with E-state index >= 15 is 0 Å². The highest BCUT2D eigenvalue weighted by Gasteiger charge is 2.29. The Morgan fingerprint density at radius 1 is 1.30 bits per heavy atom. The van der Waals surface area contributed by atoms with E-state index < -0.39 is 6.61 Å². The van der Waals surface area contributed by atoms with Crippen molar-refractivity contribution in [1.82, 2.24) is 4.90 Å². The average Bonchev–Trinajstić information content (AvgIpc) is 2.37. The Hall–Kier alpha value is -1.36. The van der Waals surface area contributed by atoms with Crippen molar-refractivity contribution in [3.05, 3.63) is 24.3 Å². The lowest BCUT2D eigenvalue weighted by Crippen LogP contribution is -2.48. The summed E-state index contributed by atoms with van der Waals surface area (Å²) < 4.78 is 29.4. The third-order valence-electron chi connectivity index (χ3n) is 4.05. The molecule has 0 aromatic heterocycles. The number of benzene rings is 1. The highest BCUT2D eigenvalue weighted by Crippen LogP contribution is 2.30. The minimum atomic E-state index is -2.80. The minimum absolute atomic E-state index is 0.210. The van der Waals surface area contributed by atoms with Crippen LogP contribution >= 0.6 is 0 Å². The van der Waals surface area contributed by atoms with Crippen molar-refractivity contribution in [2.24, 2.45) is 5.92 Å². The molecule has 1 fully saturated rings. The first-order valence-corrected chi connectivity index (χ1v) is 6.98. The summed E-state index contributed by atoms with van der Waals surface area (Å²) in [7, 11) is 2.12. The molecule has 1 aromatic carbocycles. The minimum Gasteiger partial charge on any atom is -0.433 e. The number of hydrogen-bond acceptors (Lipinski definition) is 3. The first kappa shape index (κ1) is 15.0. The fourth-order valence-corrected chi connectivity index (χ4v) is 2.73. The number of para-hydroxylation sites is 2. The lowest BCUT2D eigenvalue weighted by molar-refractivity contribution is -0.0494. The Morgan fingerprint density at radius 3 is 2.70 bits per heavy atom. The number of piperidine rings is 1. The van der Waals surface area contributed by atoms with Crippen LogP contribution in [0.3, 0.4) is 0 Å². The summed E-state index contributed by atoms with van der Waals surface area (Å²) >= 11 is 0. The van der Waals surface area contributed by atoms with Gasteiger partial charge in [-0.05, 0) is 38.4 Å². The van der Waals surface area contributed by atoms with Gasteiger partial charge < -0.3 is 15.0 Å². The van der Waals surface area contributed by atoms with Crippen LogP contribution in [0.15, 0.2) is 24.3 Å². The quantitative estimate of drug-likeness (QED) is 0.916. The van der Waals surface area contributed by atoms with E-state index in [-0.39, 0.29) is 11.8 Å². The maximum Gasteiger partial charge on any atom is 0.387 e. The highest BCUT2D eigenvalue weighted by molar-refractivity contribution is 5.56. The fourth-order valence-electron chi connectivity index (χ4n) is 2.73. The van der Waals surface area contributed by atoms with Gasteiger partial charge in [0.05, 0.1) is 5.69 Å². The maximum absolute atomic E-state index is 12.4. The van der Waals surface area contributed by atoms with Crippen LogP contribution in [0.4, 0.5) is 14.5 Å². The molecule has 3 unspecified atom stereocenters. The van der Waals surface area contributed by atoms with Gasteiger partial charge in [-0.3, -0.25) is 0 Å². The van der Waals surface area contributed by atoms with Crippen LogP contribution in [0.1, 0.15) is 20.3 Å². The molecule has 1 heterocycles. The zero-order valence-electron chi connectivity index (χ0n) is 12.1. The van der Waals surface area contributed by atoms with E-state index in [9.17, 15) is 8.78 Å². The second-order valence-electron chi connectivity index (χ2n) is 5.63. The molecule has 5 heteroatoms. The van der Waals surface area contributed by atoms with Crippen LogP contribution in [0.25, 0.3) is 0 Å². The standard InChI is InChI=1S/C15H22F2N2O/c1-10-9-19(3)11(2)8-13(10)18-12-6-4-5-7-14(12)20-15(16)17/h4-7,10-11,13,15,18H,8-9H2,1-3H3. The van der Waals surface area contributed by atoms with Gasteiger partial charge in [-0.15, -0.1) is 0 Å². The molecule has 0 aliphatic carbocycles. The number of anilines is 1. The van der Waals surface area contributed by atoms with Crippen molar-refractivity contribution >= 4 is 5.69 Å². The molecule has 0 saturated carbocycles. The average molecular weight is 284 g/mol. The number of ether oxygens (including phenoxy) is 1. The summed E-state index contributed by atoms with van der Waals surface area (Å²) in [6.07, 6.45) is 0.987. The van der Waals surface area contributed by atoms with Crippen LogP contribution in [-0.2, 0) is 0 Å². The van der Waals surface area contributed by atoms with Crippen LogP contribution in [0.5, 0.6) is 5.75 Å². The summed E-state index contributed by atoms with van der Waals surface area (Å²) in [4.78, 5) is 2.32. The molecule has 112 valence electrons. The van der Waals surface area contributed by atoms with Crippen molar-refractivity contribution in [1.29, 1.82) is 0 Å². The van der Waals surface area contributed by atoms with E-state index in [2.05, 4.69) is 35.8 Å². The lowest BCUT2D eigenvalue weighted by Gasteiger charge is -2.40. The molecule has 1 saturated heterocycles. The molecule has 0 bridgehead atoms. The Kier molecular flexibility index (Phi) is 4.81. The van der Waals surface area contributed by atoms with Gasteiger partial charge in [0.2, 0.25) is 0 Å². The number of likely N-dealkylation sites (tertiary alicyclic amines) is 1. The summed E-state index contributed by atoms with van der Waals surface area (Å²) in [6, 6.07) is 7.62. The molecule has 0 radical (unpaired) electrons. The maximum atomic E-state index is 12.4. The Morgan fingerprint density at radius 2 is 2.00 bits per heavy atom. The van der Waals surface area contributed by atoms with E-state index in [0.717, 1.165) is 13.0 Å². The molecule has 1 aliphatic rings. The number of nitrogens with zero attached hydrogens (tertiary/aromatic N) is 1. The van der Waals surface area contributed by atoms with E-state index in [0.29, 0.717) is 17.6 Å². The molecule has 1 aromatic rings. The van der Waals surface area contributed by atoms with E-state index in [1.54, 1.807) is 18.2 Å². The largest absolute Gasteiger partial charge is 0.433 e. The zero-order chi connectivity index (χ0) is 14.7. The molecule has 0 spiro atoms. The van der Waals surface area contributed by atoms with Crippen LogP contribution < -0.4 is 10.1 Å². The molecule has 1 aliphatic heterocycles. The van der Waals surface area contributed by atoms with Gasteiger partial charge in [-0.1, -0.05) is 19.1 Å². The highest BCUT2D eigenvalue weighted by atomic mass is 19.3. The predicted molar refractivity (Wildman–Crippen MR) is 76.4 cm³/mol. The van der Waals surface area contributed by atoms with E-state index in [4.69, 9.17) is 0 Å². The topological polar surface area (TPSA) is 24.5 Å². The van der Waals surface area contributed by atoms with Gasteiger partial charge in [0, 0.05) is 18.6 Å². The number of halogens is 2. The smallest absolute Gasteiger partial charge is 0.387 e. The summed E-state index contributed by atoms with van der Waals surface area (Å²) in [5.41, 5.74) is 0.640. The van der Waals surface area contributed by atoms with Crippen molar-refractivity contribution in [2.45, 2.75) is 39.0 Å². The molecular weight excluding hydrogens is 262 g/mol. The molecule has 0 amide bonds. The normalized spacial score (nSPS) is 27.6. The Bertz CT molecular complexity index is 442. The summed E-state index contributed by atoms with van der Waals surface area (Å²) in [6.45, 7) is 2.56. The molecular formula is C15H22F2N2O.